The lowest BCUT2D eigenvalue weighted by molar-refractivity contribution is -0.137. The molecule has 0 saturated carbocycles. The normalized spacial score (nSPS) is 10.5. The van der Waals surface area contributed by atoms with Crippen molar-refractivity contribution in [2.75, 3.05) is 6.54 Å². The SMILES string of the molecule is O=C(O)CNC(=O)CCCc1nc2ccccc2c(=O)[nH]1. The number of amides is 1. The lowest BCUT2D eigenvalue weighted by Gasteiger charge is -2.04. The molecule has 0 aliphatic heterocycles. The fraction of sp³-hybridized carbons (Fsp3) is 0.286. The van der Waals surface area contributed by atoms with Crippen LogP contribution in [-0.4, -0.2) is 33.5 Å². The summed E-state index contributed by atoms with van der Waals surface area (Å²) in [6.45, 7) is -0.385. The first-order chi connectivity index (χ1) is 10.1. The summed E-state index contributed by atoms with van der Waals surface area (Å²) in [5.74, 6) is -0.894. The number of rotatable bonds is 6. The number of aryl methyl sites for hydroxylation is 1. The first kappa shape index (κ1) is 14.7. The molecule has 1 heterocycles. The number of aromatic nitrogens is 2. The highest BCUT2D eigenvalue weighted by molar-refractivity contribution is 5.81. The Kier molecular flexibility index (Phi) is 4.65. The molecule has 0 fully saturated rings. The second-order valence-corrected chi connectivity index (χ2v) is 4.55. The van der Waals surface area contributed by atoms with Crippen molar-refractivity contribution in [2.45, 2.75) is 19.3 Å². The zero-order valence-electron chi connectivity index (χ0n) is 11.3. The molecule has 0 aliphatic rings. The maximum absolute atomic E-state index is 11.8. The maximum atomic E-state index is 11.8. The Hall–Kier alpha value is -2.70. The number of para-hydroxylation sites is 1. The minimum Gasteiger partial charge on any atom is -0.480 e. The smallest absolute Gasteiger partial charge is 0.322 e. The number of aromatic amines is 1. The van der Waals surface area contributed by atoms with Gasteiger partial charge in [0.25, 0.3) is 5.56 Å². The number of nitrogens with zero attached hydrogens (tertiary/aromatic N) is 1. The number of carboxylic acids is 1. The summed E-state index contributed by atoms with van der Waals surface area (Å²) in [6, 6.07) is 7.03. The van der Waals surface area contributed by atoms with E-state index in [0.29, 0.717) is 29.6 Å². The molecule has 7 nitrogen and oxygen atoms in total. The van der Waals surface area contributed by atoms with E-state index in [1.54, 1.807) is 24.3 Å². The van der Waals surface area contributed by atoms with Gasteiger partial charge >= 0.3 is 5.97 Å². The van der Waals surface area contributed by atoms with Gasteiger partial charge in [0.1, 0.15) is 12.4 Å². The first-order valence-corrected chi connectivity index (χ1v) is 6.52. The Bertz CT molecular complexity index is 723. The zero-order chi connectivity index (χ0) is 15.2. The second kappa shape index (κ2) is 6.65. The Morgan fingerprint density at radius 2 is 2.05 bits per heavy atom. The quantitative estimate of drug-likeness (QED) is 0.714. The van der Waals surface area contributed by atoms with Crippen LogP contribution in [0.2, 0.25) is 0 Å². The van der Waals surface area contributed by atoms with Crippen molar-refractivity contribution in [1.29, 1.82) is 0 Å². The fourth-order valence-electron chi connectivity index (χ4n) is 1.93. The van der Waals surface area contributed by atoms with Gasteiger partial charge in [-0.1, -0.05) is 12.1 Å². The summed E-state index contributed by atoms with van der Waals surface area (Å²) in [6.07, 6.45) is 1.11. The number of carbonyl (C=O) groups excluding carboxylic acids is 1. The van der Waals surface area contributed by atoms with E-state index in [1.165, 1.54) is 0 Å². The van der Waals surface area contributed by atoms with E-state index in [2.05, 4.69) is 15.3 Å². The Morgan fingerprint density at radius 3 is 2.81 bits per heavy atom. The summed E-state index contributed by atoms with van der Waals surface area (Å²) < 4.78 is 0. The lowest BCUT2D eigenvalue weighted by Crippen LogP contribution is -2.29. The van der Waals surface area contributed by atoms with E-state index in [1.807, 2.05) is 0 Å². The molecular weight excluding hydrogens is 274 g/mol. The van der Waals surface area contributed by atoms with E-state index in [4.69, 9.17) is 5.11 Å². The van der Waals surface area contributed by atoms with Gasteiger partial charge in [-0.05, 0) is 18.6 Å². The van der Waals surface area contributed by atoms with Crippen LogP contribution >= 0.6 is 0 Å². The van der Waals surface area contributed by atoms with Gasteiger partial charge in [0.15, 0.2) is 0 Å². The average molecular weight is 289 g/mol. The molecular formula is C14H15N3O4. The molecule has 0 atom stereocenters. The fourth-order valence-corrected chi connectivity index (χ4v) is 1.93. The number of nitrogens with one attached hydrogen (secondary N) is 2. The first-order valence-electron chi connectivity index (χ1n) is 6.52. The Balaban J connectivity index is 1.93. The zero-order valence-corrected chi connectivity index (χ0v) is 11.3. The van der Waals surface area contributed by atoms with Crippen LogP contribution in [0.15, 0.2) is 29.1 Å². The van der Waals surface area contributed by atoms with Crippen LogP contribution < -0.4 is 10.9 Å². The van der Waals surface area contributed by atoms with Gasteiger partial charge in [-0.2, -0.15) is 0 Å². The number of carbonyl (C=O) groups is 2. The molecule has 2 rings (SSSR count). The maximum Gasteiger partial charge on any atom is 0.322 e. The van der Waals surface area contributed by atoms with Crippen molar-refractivity contribution in [2.24, 2.45) is 0 Å². The highest BCUT2D eigenvalue weighted by Crippen LogP contribution is 2.07. The monoisotopic (exact) mass is 289 g/mol. The third kappa shape index (κ3) is 4.13. The van der Waals surface area contributed by atoms with Crippen molar-refractivity contribution in [3.63, 3.8) is 0 Å². The van der Waals surface area contributed by atoms with Gasteiger partial charge in [-0.25, -0.2) is 4.98 Å². The second-order valence-electron chi connectivity index (χ2n) is 4.55. The molecule has 1 aromatic heterocycles. The molecule has 3 N–H and O–H groups in total. The molecule has 0 spiro atoms. The van der Waals surface area contributed by atoms with Gasteiger partial charge in [-0.3, -0.25) is 14.4 Å². The summed E-state index contributed by atoms with van der Waals surface area (Å²) in [5, 5.41) is 11.2. The van der Waals surface area contributed by atoms with Crippen molar-refractivity contribution >= 4 is 22.8 Å². The van der Waals surface area contributed by atoms with Crippen LogP contribution in [0.4, 0.5) is 0 Å². The Labute approximate surface area is 120 Å². The molecule has 7 heteroatoms. The van der Waals surface area contributed by atoms with E-state index < -0.39 is 5.97 Å². The van der Waals surface area contributed by atoms with E-state index in [9.17, 15) is 14.4 Å². The molecule has 2 aromatic rings. The number of hydrogen-bond acceptors (Lipinski definition) is 4. The molecule has 1 amide bonds. The molecule has 0 aliphatic carbocycles. The van der Waals surface area contributed by atoms with Crippen LogP contribution in [0.3, 0.4) is 0 Å². The highest BCUT2D eigenvalue weighted by atomic mass is 16.4. The molecule has 110 valence electrons. The number of hydrogen-bond donors (Lipinski definition) is 3. The highest BCUT2D eigenvalue weighted by Gasteiger charge is 2.06. The van der Waals surface area contributed by atoms with Gasteiger partial charge in [0.2, 0.25) is 5.91 Å². The molecule has 21 heavy (non-hydrogen) atoms. The molecule has 0 bridgehead atoms. The predicted octanol–water partition coefficient (Wildman–Crippen LogP) is 0.447. The minimum absolute atomic E-state index is 0.184. The van der Waals surface area contributed by atoms with Crippen LogP contribution in [0, 0.1) is 0 Å². The largest absolute Gasteiger partial charge is 0.480 e. The van der Waals surface area contributed by atoms with Crippen molar-refractivity contribution < 1.29 is 14.7 Å². The summed E-state index contributed by atoms with van der Waals surface area (Å²) >= 11 is 0. The van der Waals surface area contributed by atoms with Gasteiger partial charge < -0.3 is 15.4 Å². The van der Waals surface area contributed by atoms with E-state index in [-0.39, 0.29) is 24.4 Å². The van der Waals surface area contributed by atoms with Crippen molar-refractivity contribution in [1.82, 2.24) is 15.3 Å². The number of carboxylic acid groups (broad SMARTS) is 1. The van der Waals surface area contributed by atoms with Crippen LogP contribution in [0.1, 0.15) is 18.7 Å². The molecule has 0 saturated heterocycles. The van der Waals surface area contributed by atoms with Crippen LogP contribution in [0.5, 0.6) is 0 Å². The lowest BCUT2D eigenvalue weighted by atomic mass is 10.2. The number of aliphatic carboxylic acids is 1. The van der Waals surface area contributed by atoms with Gasteiger partial charge in [0.05, 0.1) is 10.9 Å². The number of H-pyrrole nitrogens is 1. The third-order valence-electron chi connectivity index (χ3n) is 2.92. The van der Waals surface area contributed by atoms with Crippen LogP contribution in [-0.2, 0) is 16.0 Å². The number of benzene rings is 1. The summed E-state index contributed by atoms with van der Waals surface area (Å²) in [5.41, 5.74) is 0.414. The Morgan fingerprint density at radius 1 is 1.29 bits per heavy atom. The van der Waals surface area contributed by atoms with Crippen molar-refractivity contribution in [3.05, 3.63) is 40.4 Å². The summed E-state index contributed by atoms with van der Waals surface area (Å²) in [7, 11) is 0. The molecule has 0 radical (unpaired) electrons. The van der Waals surface area contributed by atoms with Crippen LogP contribution in [0.25, 0.3) is 10.9 Å². The third-order valence-corrected chi connectivity index (χ3v) is 2.92. The summed E-state index contributed by atoms with van der Waals surface area (Å²) in [4.78, 5) is 40.5. The topological polar surface area (TPSA) is 112 Å². The van der Waals surface area contributed by atoms with E-state index in [0.717, 1.165) is 0 Å². The predicted molar refractivity (Wildman–Crippen MR) is 75.9 cm³/mol. The van der Waals surface area contributed by atoms with Gasteiger partial charge in [0, 0.05) is 12.8 Å². The van der Waals surface area contributed by atoms with Crippen molar-refractivity contribution in [3.8, 4) is 0 Å². The molecule has 1 aromatic carbocycles. The average Bonchev–Trinajstić information content (AvgIpc) is 2.45. The van der Waals surface area contributed by atoms with Gasteiger partial charge in [-0.15, -0.1) is 0 Å². The number of fused-ring (bicyclic) bond motifs is 1. The minimum atomic E-state index is -1.08. The van der Waals surface area contributed by atoms with E-state index >= 15 is 0 Å². The molecule has 0 unspecified atom stereocenters. The standard InChI is InChI=1S/C14H15N3O4/c18-12(15-8-13(19)20)7-3-6-11-16-10-5-2-1-4-9(10)14(21)17-11/h1-2,4-5H,3,6-8H2,(H,15,18)(H,19,20)(H,16,17,21).